The Hall–Kier alpha value is -2.09. The van der Waals surface area contributed by atoms with E-state index in [0.717, 1.165) is 37.8 Å². The van der Waals surface area contributed by atoms with E-state index in [4.69, 9.17) is 0 Å². The fraction of sp³-hybridized carbons (Fsp3) is 0.400. The molecular formula is C20H23F3N4. The maximum absolute atomic E-state index is 14.0. The molecule has 0 aliphatic carbocycles. The van der Waals surface area contributed by atoms with Crippen LogP contribution >= 0.6 is 0 Å². The van der Waals surface area contributed by atoms with Crippen LogP contribution in [0.25, 0.3) is 0 Å². The highest BCUT2D eigenvalue weighted by atomic mass is 19.1. The lowest BCUT2D eigenvalue weighted by atomic mass is 9.94. The highest BCUT2D eigenvalue weighted by molar-refractivity contribution is 5.48. The molecule has 4 rings (SSSR count). The Labute approximate surface area is 156 Å². The summed E-state index contributed by atoms with van der Waals surface area (Å²) in [6.07, 6.45) is 0. The minimum Gasteiger partial charge on any atom is -0.367 e. The van der Waals surface area contributed by atoms with E-state index in [0.29, 0.717) is 24.7 Å². The Kier molecular flexibility index (Phi) is 5.33. The molecule has 4 nitrogen and oxygen atoms in total. The van der Waals surface area contributed by atoms with E-state index in [1.165, 1.54) is 24.3 Å². The molecule has 0 amide bonds. The molecule has 2 aromatic rings. The van der Waals surface area contributed by atoms with Gasteiger partial charge in [-0.2, -0.15) is 0 Å². The van der Waals surface area contributed by atoms with Gasteiger partial charge in [0.25, 0.3) is 0 Å². The van der Waals surface area contributed by atoms with Crippen LogP contribution in [0.3, 0.4) is 0 Å². The number of hydrogen-bond acceptors (Lipinski definition) is 4. The topological polar surface area (TPSA) is 30.5 Å². The standard InChI is InChI=1S/C20H23F3N4/c21-16-3-1-14(2-4-16)20-15(12-24-25-20)13-26-7-9-27(10-8-26)19-6-5-17(22)11-18(19)23/h1-6,11,15,20,24-25H,7-10,12-13H2. The van der Waals surface area contributed by atoms with Crippen molar-refractivity contribution in [2.45, 2.75) is 6.04 Å². The molecule has 2 aliphatic rings. The molecule has 7 heteroatoms. The van der Waals surface area contributed by atoms with Gasteiger partial charge in [0.15, 0.2) is 0 Å². The first kappa shape index (κ1) is 18.3. The number of nitrogens with one attached hydrogen (secondary N) is 2. The van der Waals surface area contributed by atoms with Crippen LogP contribution in [0.15, 0.2) is 42.5 Å². The van der Waals surface area contributed by atoms with Crippen LogP contribution in [0.5, 0.6) is 0 Å². The van der Waals surface area contributed by atoms with Gasteiger partial charge in [-0.25, -0.2) is 18.6 Å². The van der Waals surface area contributed by atoms with Crippen LogP contribution in [-0.4, -0.2) is 44.2 Å². The van der Waals surface area contributed by atoms with Crippen molar-refractivity contribution in [3.8, 4) is 0 Å². The first-order valence-corrected chi connectivity index (χ1v) is 9.26. The largest absolute Gasteiger partial charge is 0.367 e. The number of benzene rings is 2. The van der Waals surface area contributed by atoms with E-state index in [9.17, 15) is 13.2 Å². The van der Waals surface area contributed by atoms with Crippen LogP contribution in [-0.2, 0) is 0 Å². The fourth-order valence-corrected chi connectivity index (χ4v) is 3.97. The Balaban J connectivity index is 1.35. The third-order valence-corrected chi connectivity index (χ3v) is 5.44. The normalized spacial score (nSPS) is 23.7. The van der Waals surface area contributed by atoms with Crippen molar-refractivity contribution in [1.29, 1.82) is 0 Å². The SMILES string of the molecule is Fc1ccc(C2NNCC2CN2CCN(c3ccc(F)cc3F)CC2)cc1. The van der Waals surface area contributed by atoms with E-state index in [2.05, 4.69) is 15.8 Å². The molecule has 2 aliphatic heterocycles. The van der Waals surface area contributed by atoms with Crippen LogP contribution in [0, 0.1) is 23.4 Å². The third-order valence-electron chi connectivity index (χ3n) is 5.44. The molecule has 0 bridgehead atoms. The fourth-order valence-electron chi connectivity index (χ4n) is 3.97. The zero-order valence-electron chi connectivity index (χ0n) is 15.0. The first-order valence-electron chi connectivity index (χ1n) is 9.26. The predicted octanol–water partition coefficient (Wildman–Crippen LogP) is 2.69. The van der Waals surface area contributed by atoms with Crippen molar-refractivity contribution >= 4 is 5.69 Å². The number of hydrogen-bond donors (Lipinski definition) is 2. The summed E-state index contributed by atoms with van der Waals surface area (Å²) in [5.74, 6) is -0.929. The number of anilines is 1. The number of nitrogens with zero attached hydrogens (tertiary/aromatic N) is 2. The molecule has 2 saturated heterocycles. The van der Waals surface area contributed by atoms with Crippen molar-refractivity contribution in [3.63, 3.8) is 0 Å². The highest BCUT2D eigenvalue weighted by Crippen LogP contribution is 2.27. The van der Waals surface area contributed by atoms with Gasteiger partial charge in [-0.1, -0.05) is 12.1 Å². The second kappa shape index (κ2) is 7.88. The van der Waals surface area contributed by atoms with Gasteiger partial charge in [-0.05, 0) is 29.8 Å². The van der Waals surface area contributed by atoms with Gasteiger partial charge in [0.05, 0.1) is 11.7 Å². The summed E-state index contributed by atoms with van der Waals surface area (Å²) in [6.45, 7) is 4.80. The average Bonchev–Trinajstić information content (AvgIpc) is 3.11. The molecule has 0 saturated carbocycles. The van der Waals surface area contributed by atoms with Crippen LogP contribution in [0.2, 0.25) is 0 Å². The molecule has 0 spiro atoms. The number of rotatable bonds is 4. The van der Waals surface area contributed by atoms with Crippen molar-refractivity contribution in [2.75, 3.05) is 44.2 Å². The smallest absolute Gasteiger partial charge is 0.149 e. The van der Waals surface area contributed by atoms with E-state index in [-0.39, 0.29) is 11.9 Å². The van der Waals surface area contributed by atoms with Gasteiger partial charge in [0.1, 0.15) is 17.5 Å². The van der Waals surface area contributed by atoms with Gasteiger partial charge in [0, 0.05) is 51.3 Å². The van der Waals surface area contributed by atoms with Crippen LogP contribution in [0.4, 0.5) is 18.9 Å². The summed E-state index contributed by atoms with van der Waals surface area (Å²) < 4.78 is 40.3. The zero-order valence-corrected chi connectivity index (χ0v) is 15.0. The van der Waals surface area contributed by atoms with E-state index in [1.54, 1.807) is 0 Å². The van der Waals surface area contributed by atoms with Gasteiger partial charge < -0.3 is 4.90 Å². The van der Waals surface area contributed by atoms with Crippen molar-refractivity contribution in [1.82, 2.24) is 15.8 Å². The number of piperazine rings is 1. The van der Waals surface area contributed by atoms with Crippen LogP contribution in [0.1, 0.15) is 11.6 Å². The molecular weight excluding hydrogens is 353 g/mol. The minimum atomic E-state index is -0.553. The molecule has 27 heavy (non-hydrogen) atoms. The van der Waals surface area contributed by atoms with E-state index >= 15 is 0 Å². The highest BCUT2D eigenvalue weighted by Gasteiger charge is 2.31. The first-order chi connectivity index (χ1) is 13.1. The van der Waals surface area contributed by atoms with Gasteiger partial charge in [0.2, 0.25) is 0 Å². The molecule has 2 atom stereocenters. The Morgan fingerprint density at radius 1 is 0.889 bits per heavy atom. The lowest BCUT2D eigenvalue weighted by Gasteiger charge is -2.37. The predicted molar refractivity (Wildman–Crippen MR) is 98.8 cm³/mol. The summed E-state index contributed by atoms with van der Waals surface area (Å²) in [4.78, 5) is 4.33. The zero-order chi connectivity index (χ0) is 18.8. The van der Waals surface area contributed by atoms with Gasteiger partial charge in [-0.15, -0.1) is 0 Å². The summed E-state index contributed by atoms with van der Waals surface area (Å²) in [5, 5.41) is 0. The van der Waals surface area contributed by atoms with Crippen molar-refractivity contribution in [3.05, 3.63) is 65.5 Å². The summed E-state index contributed by atoms with van der Waals surface area (Å²) >= 11 is 0. The van der Waals surface area contributed by atoms with Gasteiger partial charge >= 0.3 is 0 Å². The Morgan fingerprint density at radius 2 is 1.59 bits per heavy atom. The number of hydrazine groups is 1. The molecule has 0 radical (unpaired) electrons. The minimum absolute atomic E-state index is 0.137. The molecule has 2 aromatic carbocycles. The molecule has 2 fully saturated rings. The van der Waals surface area contributed by atoms with E-state index in [1.807, 2.05) is 17.0 Å². The summed E-state index contributed by atoms with van der Waals surface area (Å²) in [6, 6.07) is 10.5. The average molecular weight is 376 g/mol. The van der Waals surface area contributed by atoms with Crippen molar-refractivity contribution < 1.29 is 13.2 Å². The third kappa shape index (κ3) is 4.10. The Bertz CT molecular complexity index is 775. The molecule has 2 heterocycles. The molecule has 2 unspecified atom stereocenters. The monoisotopic (exact) mass is 376 g/mol. The Morgan fingerprint density at radius 3 is 2.30 bits per heavy atom. The molecule has 0 aromatic heterocycles. The molecule has 144 valence electrons. The lowest BCUT2D eigenvalue weighted by molar-refractivity contribution is 0.214. The summed E-state index contributed by atoms with van der Waals surface area (Å²) in [7, 11) is 0. The maximum Gasteiger partial charge on any atom is 0.149 e. The van der Waals surface area contributed by atoms with Crippen molar-refractivity contribution in [2.24, 2.45) is 5.92 Å². The lowest BCUT2D eigenvalue weighted by Crippen LogP contribution is -2.48. The summed E-state index contributed by atoms with van der Waals surface area (Å²) in [5.41, 5.74) is 8.02. The van der Waals surface area contributed by atoms with Gasteiger partial charge in [-0.3, -0.25) is 10.3 Å². The maximum atomic E-state index is 14.0. The van der Waals surface area contributed by atoms with Crippen LogP contribution < -0.4 is 15.8 Å². The molecule has 2 N–H and O–H groups in total. The van der Waals surface area contributed by atoms with E-state index < -0.39 is 11.6 Å². The second-order valence-electron chi connectivity index (χ2n) is 7.20. The second-order valence-corrected chi connectivity index (χ2v) is 7.20. The number of halogens is 3. The quantitative estimate of drug-likeness (QED) is 0.859.